The molecule has 0 aromatic heterocycles. The van der Waals surface area contributed by atoms with Gasteiger partial charge in [-0.3, -0.25) is 4.79 Å². The van der Waals surface area contributed by atoms with Gasteiger partial charge in [0.25, 0.3) is 0 Å². The number of amides is 1. The van der Waals surface area contributed by atoms with Crippen molar-refractivity contribution in [3.63, 3.8) is 0 Å². The molecule has 0 radical (unpaired) electrons. The Morgan fingerprint density at radius 1 is 1.06 bits per heavy atom. The highest BCUT2D eigenvalue weighted by molar-refractivity contribution is 7.92. The maximum absolute atomic E-state index is 13.2. The first-order valence-corrected chi connectivity index (χ1v) is 11.3. The lowest BCUT2D eigenvalue weighted by Crippen LogP contribution is -2.59. The number of hydrogen-bond donors (Lipinski definition) is 2. The summed E-state index contributed by atoms with van der Waals surface area (Å²) in [6.45, 7) is 7.32. The first-order valence-electron chi connectivity index (χ1n) is 9.67. The molecule has 1 unspecified atom stereocenters. The van der Waals surface area contributed by atoms with Gasteiger partial charge in [0, 0.05) is 0 Å². The van der Waals surface area contributed by atoms with Gasteiger partial charge in [-0.05, 0) is 46.6 Å². The van der Waals surface area contributed by atoms with Crippen LogP contribution in [0.25, 0.3) is 0 Å². The average molecular weight is 458 g/mol. The number of carbonyl (C=O) groups excluding carboxylic acids is 2. The number of carboxylic acid groups (broad SMARTS) is 1. The SMILES string of the molecule is COC(=O)[C@H](NC(=O)OC(C)(C)C)C(C)(C)S(=O)(=O)CC(Cc1ccccc1)C(=O)O. The maximum atomic E-state index is 13.2. The number of carboxylic acids is 1. The van der Waals surface area contributed by atoms with Crippen molar-refractivity contribution >= 4 is 27.9 Å². The topological polar surface area (TPSA) is 136 Å². The third-order valence-corrected chi connectivity index (χ3v) is 7.37. The number of aliphatic carboxylic acids is 1. The van der Waals surface area contributed by atoms with Crippen LogP contribution in [0.3, 0.4) is 0 Å². The summed E-state index contributed by atoms with van der Waals surface area (Å²) in [5.41, 5.74) is -0.211. The van der Waals surface area contributed by atoms with Crippen molar-refractivity contribution in [3.05, 3.63) is 35.9 Å². The van der Waals surface area contributed by atoms with E-state index in [2.05, 4.69) is 10.1 Å². The molecule has 10 heteroatoms. The Bertz CT molecular complexity index is 888. The number of rotatable bonds is 9. The Balaban J connectivity index is 3.18. The number of benzene rings is 1. The standard InChI is InChI=1S/C21H31NO8S/c1-20(2,3)30-19(26)22-16(18(25)29-6)21(4,5)31(27,28)13-15(17(23)24)12-14-10-8-7-9-11-14/h7-11,15-16H,12-13H2,1-6H3,(H,22,26)(H,23,24)/t15?,16-/m0/s1. The second-order valence-corrected chi connectivity index (χ2v) is 11.3. The van der Waals surface area contributed by atoms with Crippen LogP contribution in [0.1, 0.15) is 40.2 Å². The number of esters is 1. The normalized spacial score (nSPS) is 14.3. The maximum Gasteiger partial charge on any atom is 0.408 e. The van der Waals surface area contributed by atoms with Gasteiger partial charge in [0.2, 0.25) is 0 Å². The smallest absolute Gasteiger partial charge is 0.408 e. The van der Waals surface area contributed by atoms with E-state index < -0.39 is 55.9 Å². The number of sulfone groups is 1. The van der Waals surface area contributed by atoms with Gasteiger partial charge in [-0.1, -0.05) is 30.3 Å². The quantitative estimate of drug-likeness (QED) is 0.539. The van der Waals surface area contributed by atoms with E-state index in [1.54, 1.807) is 51.1 Å². The van der Waals surface area contributed by atoms with Crippen molar-refractivity contribution in [3.8, 4) is 0 Å². The molecular formula is C21H31NO8S. The molecule has 0 aliphatic rings. The number of alkyl carbamates (subject to hydrolysis) is 1. The fourth-order valence-corrected chi connectivity index (χ4v) is 4.57. The molecule has 2 atom stereocenters. The Morgan fingerprint density at radius 2 is 1.61 bits per heavy atom. The van der Waals surface area contributed by atoms with Crippen LogP contribution in [0.2, 0.25) is 0 Å². The van der Waals surface area contributed by atoms with Gasteiger partial charge in [0.1, 0.15) is 11.6 Å². The van der Waals surface area contributed by atoms with Gasteiger partial charge in [0.15, 0.2) is 9.84 Å². The molecule has 31 heavy (non-hydrogen) atoms. The summed E-state index contributed by atoms with van der Waals surface area (Å²) in [4.78, 5) is 36.3. The zero-order valence-electron chi connectivity index (χ0n) is 18.7. The molecule has 1 rings (SSSR count). The summed E-state index contributed by atoms with van der Waals surface area (Å²) in [7, 11) is -3.16. The fourth-order valence-electron chi connectivity index (χ4n) is 2.84. The van der Waals surface area contributed by atoms with Gasteiger partial charge in [0.05, 0.1) is 23.5 Å². The van der Waals surface area contributed by atoms with Gasteiger partial charge in [-0.15, -0.1) is 0 Å². The Kier molecular flexibility index (Phi) is 8.63. The van der Waals surface area contributed by atoms with Crippen LogP contribution in [0.4, 0.5) is 4.79 Å². The van der Waals surface area contributed by atoms with Crippen LogP contribution in [0, 0.1) is 5.92 Å². The molecule has 0 saturated heterocycles. The fraction of sp³-hybridized carbons (Fsp3) is 0.571. The summed E-state index contributed by atoms with van der Waals surface area (Å²) in [5.74, 6) is -4.24. The first-order chi connectivity index (χ1) is 14.1. The lowest BCUT2D eigenvalue weighted by Gasteiger charge is -2.33. The lowest BCUT2D eigenvalue weighted by molar-refractivity contribution is -0.144. The molecular weight excluding hydrogens is 426 g/mol. The minimum atomic E-state index is -4.22. The van der Waals surface area contributed by atoms with E-state index in [4.69, 9.17) is 4.74 Å². The van der Waals surface area contributed by atoms with Crippen molar-refractivity contribution in [2.75, 3.05) is 12.9 Å². The molecule has 1 aromatic carbocycles. The number of hydrogen-bond acceptors (Lipinski definition) is 7. The summed E-state index contributed by atoms with van der Waals surface area (Å²) in [5, 5.41) is 11.8. The number of methoxy groups -OCH3 is 1. The third-order valence-electron chi connectivity index (χ3n) is 4.69. The molecule has 1 aromatic rings. The molecule has 0 spiro atoms. The minimum Gasteiger partial charge on any atom is -0.481 e. The molecule has 1 amide bonds. The van der Waals surface area contributed by atoms with Gasteiger partial charge in [-0.25, -0.2) is 18.0 Å². The second kappa shape index (κ2) is 10.1. The largest absolute Gasteiger partial charge is 0.481 e. The van der Waals surface area contributed by atoms with Gasteiger partial charge >= 0.3 is 18.0 Å². The van der Waals surface area contributed by atoms with E-state index in [0.29, 0.717) is 5.56 Å². The summed E-state index contributed by atoms with van der Waals surface area (Å²) in [6.07, 6.45) is -1.00. The molecule has 174 valence electrons. The lowest BCUT2D eigenvalue weighted by atomic mass is 10.0. The van der Waals surface area contributed by atoms with E-state index in [1.165, 1.54) is 13.8 Å². The first kappa shape index (κ1) is 26.4. The predicted molar refractivity (Wildman–Crippen MR) is 114 cm³/mol. The molecule has 0 aliphatic heterocycles. The van der Waals surface area contributed by atoms with Crippen LogP contribution in [-0.4, -0.2) is 60.8 Å². The molecule has 2 N–H and O–H groups in total. The van der Waals surface area contributed by atoms with Crippen molar-refractivity contribution in [1.82, 2.24) is 5.32 Å². The number of nitrogens with one attached hydrogen (secondary N) is 1. The summed E-state index contributed by atoms with van der Waals surface area (Å²) in [6, 6.07) is 7.02. The van der Waals surface area contributed by atoms with Crippen LogP contribution >= 0.6 is 0 Å². The zero-order chi connectivity index (χ0) is 24.0. The number of carbonyl (C=O) groups is 3. The second-order valence-electron chi connectivity index (χ2n) is 8.71. The highest BCUT2D eigenvalue weighted by Crippen LogP contribution is 2.27. The van der Waals surface area contributed by atoms with Crippen LogP contribution in [-0.2, 0) is 35.3 Å². The zero-order valence-corrected chi connectivity index (χ0v) is 19.5. The van der Waals surface area contributed by atoms with Crippen LogP contribution < -0.4 is 5.32 Å². The molecule has 0 fully saturated rings. The van der Waals surface area contributed by atoms with E-state index in [9.17, 15) is 27.9 Å². The Hall–Kier alpha value is -2.62. The Labute approximate surface area is 183 Å². The van der Waals surface area contributed by atoms with E-state index in [1.807, 2.05) is 0 Å². The van der Waals surface area contributed by atoms with Gasteiger partial charge in [-0.2, -0.15) is 0 Å². The molecule has 0 aliphatic carbocycles. The van der Waals surface area contributed by atoms with Crippen molar-refractivity contribution < 1.29 is 37.4 Å². The monoisotopic (exact) mass is 457 g/mol. The average Bonchev–Trinajstić information content (AvgIpc) is 2.63. The van der Waals surface area contributed by atoms with Crippen LogP contribution in [0.5, 0.6) is 0 Å². The summed E-state index contributed by atoms with van der Waals surface area (Å²) < 4.78 is 34.4. The highest BCUT2D eigenvalue weighted by atomic mass is 32.2. The van der Waals surface area contributed by atoms with Crippen molar-refractivity contribution in [1.29, 1.82) is 0 Å². The van der Waals surface area contributed by atoms with Crippen molar-refractivity contribution in [2.45, 2.75) is 57.4 Å². The summed E-state index contributed by atoms with van der Waals surface area (Å²) >= 11 is 0. The number of ether oxygens (including phenoxy) is 2. The minimum absolute atomic E-state index is 0.00608. The molecule has 9 nitrogen and oxygen atoms in total. The van der Waals surface area contributed by atoms with E-state index >= 15 is 0 Å². The van der Waals surface area contributed by atoms with E-state index in [0.717, 1.165) is 7.11 Å². The molecule has 0 saturated carbocycles. The van der Waals surface area contributed by atoms with Crippen LogP contribution in [0.15, 0.2) is 30.3 Å². The van der Waals surface area contributed by atoms with Gasteiger partial charge < -0.3 is 19.9 Å². The third kappa shape index (κ3) is 7.54. The highest BCUT2D eigenvalue weighted by Gasteiger charge is 2.49. The van der Waals surface area contributed by atoms with Crippen molar-refractivity contribution in [2.24, 2.45) is 5.92 Å². The Morgan fingerprint density at radius 3 is 2.06 bits per heavy atom. The molecule has 0 bridgehead atoms. The van der Waals surface area contributed by atoms with E-state index in [-0.39, 0.29) is 6.42 Å². The molecule has 0 heterocycles. The predicted octanol–water partition coefficient (Wildman–Crippen LogP) is 2.19.